The molecule has 0 bridgehead atoms. The molecule has 0 saturated carbocycles. The van der Waals surface area contributed by atoms with Crippen LogP contribution in [0.4, 0.5) is 0 Å². The minimum atomic E-state index is 0.327. The highest BCUT2D eigenvalue weighted by molar-refractivity contribution is 4.65. The van der Waals surface area contributed by atoms with E-state index in [2.05, 4.69) is 13.5 Å². The second-order valence-corrected chi connectivity index (χ2v) is 2.86. The molecule has 1 heteroatoms. The lowest BCUT2D eigenvalue weighted by Crippen LogP contribution is -1.99. The standard InChI is InChI=1S/C9H18O/c1-3-4-5-6-7-9(2)8-10/h3,9-10H,1,4-8H2,2H3. The third-order valence-corrected chi connectivity index (χ3v) is 1.67. The van der Waals surface area contributed by atoms with E-state index in [0.717, 1.165) is 12.8 Å². The van der Waals surface area contributed by atoms with E-state index in [-0.39, 0.29) is 0 Å². The molecule has 1 unspecified atom stereocenters. The highest BCUT2D eigenvalue weighted by Gasteiger charge is 1.97. The monoisotopic (exact) mass is 142 g/mol. The summed E-state index contributed by atoms with van der Waals surface area (Å²) >= 11 is 0. The Bertz CT molecular complexity index is 78.8. The second-order valence-electron chi connectivity index (χ2n) is 2.86. The molecule has 0 aromatic rings. The first-order valence-electron chi connectivity index (χ1n) is 4.03. The van der Waals surface area contributed by atoms with Crippen LogP contribution in [0.2, 0.25) is 0 Å². The number of aliphatic hydroxyl groups is 1. The smallest absolute Gasteiger partial charge is 0.0456 e. The van der Waals surface area contributed by atoms with Crippen LogP contribution in [0.1, 0.15) is 32.6 Å². The number of allylic oxidation sites excluding steroid dienone is 1. The molecule has 0 spiro atoms. The van der Waals surface area contributed by atoms with E-state index in [9.17, 15) is 0 Å². The van der Waals surface area contributed by atoms with E-state index in [4.69, 9.17) is 5.11 Å². The average Bonchev–Trinajstić information content (AvgIpc) is 1.98. The zero-order valence-electron chi connectivity index (χ0n) is 6.84. The Morgan fingerprint density at radius 3 is 2.70 bits per heavy atom. The fourth-order valence-electron chi connectivity index (χ4n) is 0.873. The first kappa shape index (κ1) is 9.70. The van der Waals surface area contributed by atoms with Crippen LogP contribution in [0.5, 0.6) is 0 Å². The molecular weight excluding hydrogens is 124 g/mol. The summed E-state index contributed by atoms with van der Waals surface area (Å²) in [6.07, 6.45) is 6.63. The van der Waals surface area contributed by atoms with E-state index in [1.165, 1.54) is 12.8 Å². The van der Waals surface area contributed by atoms with Crippen molar-refractivity contribution in [3.8, 4) is 0 Å². The molecule has 60 valence electrons. The maximum Gasteiger partial charge on any atom is 0.0456 e. The number of hydrogen-bond donors (Lipinski definition) is 1. The summed E-state index contributed by atoms with van der Waals surface area (Å²) in [4.78, 5) is 0. The van der Waals surface area contributed by atoms with Crippen LogP contribution in [-0.2, 0) is 0 Å². The zero-order chi connectivity index (χ0) is 7.82. The fraction of sp³-hybridized carbons (Fsp3) is 0.778. The first-order valence-corrected chi connectivity index (χ1v) is 4.03. The maximum absolute atomic E-state index is 8.67. The maximum atomic E-state index is 8.67. The average molecular weight is 142 g/mol. The molecule has 1 nitrogen and oxygen atoms in total. The van der Waals surface area contributed by atoms with Crippen LogP contribution in [-0.4, -0.2) is 11.7 Å². The number of aliphatic hydroxyl groups excluding tert-OH is 1. The van der Waals surface area contributed by atoms with Crippen molar-refractivity contribution in [2.45, 2.75) is 32.6 Å². The molecule has 1 atom stereocenters. The van der Waals surface area contributed by atoms with Crippen molar-refractivity contribution in [3.63, 3.8) is 0 Å². The number of unbranched alkanes of at least 4 members (excludes halogenated alkanes) is 2. The van der Waals surface area contributed by atoms with Crippen molar-refractivity contribution >= 4 is 0 Å². The molecule has 0 radical (unpaired) electrons. The van der Waals surface area contributed by atoms with Crippen LogP contribution < -0.4 is 0 Å². The summed E-state index contributed by atoms with van der Waals surface area (Å²) in [6.45, 7) is 6.05. The van der Waals surface area contributed by atoms with Crippen LogP contribution in [0, 0.1) is 5.92 Å². The highest BCUT2D eigenvalue weighted by Crippen LogP contribution is 2.07. The molecule has 0 aliphatic heterocycles. The molecule has 0 rings (SSSR count). The van der Waals surface area contributed by atoms with Crippen molar-refractivity contribution in [2.24, 2.45) is 5.92 Å². The number of hydrogen-bond acceptors (Lipinski definition) is 1. The van der Waals surface area contributed by atoms with Gasteiger partial charge < -0.3 is 5.11 Å². The van der Waals surface area contributed by atoms with Gasteiger partial charge in [-0.2, -0.15) is 0 Å². The largest absolute Gasteiger partial charge is 0.396 e. The molecule has 0 aliphatic carbocycles. The van der Waals surface area contributed by atoms with Gasteiger partial charge in [0.15, 0.2) is 0 Å². The van der Waals surface area contributed by atoms with Crippen LogP contribution in [0.3, 0.4) is 0 Å². The lowest BCUT2D eigenvalue weighted by atomic mass is 10.0. The minimum absolute atomic E-state index is 0.327. The molecule has 0 aromatic heterocycles. The molecule has 0 aliphatic rings. The van der Waals surface area contributed by atoms with Crippen LogP contribution in [0.25, 0.3) is 0 Å². The third-order valence-electron chi connectivity index (χ3n) is 1.67. The SMILES string of the molecule is C=CCCCCC(C)CO. The van der Waals surface area contributed by atoms with Crippen LogP contribution in [0.15, 0.2) is 12.7 Å². The Kier molecular flexibility index (Phi) is 6.61. The highest BCUT2D eigenvalue weighted by atomic mass is 16.3. The Hall–Kier alpha value is -0.300. The van der Waals surface area contributed by atoms with Gasteiger partial charge in [-0.1, -0.05) is 19.4 Å². The molecule has 10 heavy (non-hydrogen) atoms. The molecule has 0 heterocycles. The van der Waals surface area contributed by atoms with Crippen molar-refractivity contribution < 1.29 is 5.11 Å². The Morgan fingerprint density at radius 1 is 1.50 bits per heavy atom. The Labute approximate surface area is 63.8 Å². The van der Waals surface area contributed by atoms with E-state index in [1.54, 1.807) is 0 Å². The molecule has 0 amide bonds. The van der Waals surface area contributed by atoms with Crippen LogP contribution >= 0.6 is 0 Å². The summed E-state index contributed by atoms with van der Waals surface area (Å²) in [5.74, 6) is 0.477. The van der Waals surface area contributed by atoms with Gasteiger partial charge in [-0.05, 0) is 25.2 Å². The predicted octanol–water partition coefficient (Wildman–Crippen LogP) is 2.36. The van der Waals surface area contributed by atoms with Gasteiger partial charge in [-0.25, -0.2) is 0 Å². The first-order chi connectivity index (χ1) is 4.81. The van der Waals surface area contributed by atoms with E-state index in [0.29, 0.717) is 12.5 Å². The van der Waals surface area contributed by atoms with Gasteiger partial charge in [0.05, 0.1) is 0 Å². The van der Waals surface area contributed by atoms with Crippen molar-refractivity contribution in [1.29, 1.82) is 0 Å². The van der Waals surface area contributed by atoms with E-state index >= 15 is 0 Å². The van der Waals surface area contributed by atoms with Gasteiger partial charge in [0.1, 0.15) is 0 Å². The summed E-state index contributed by atoms with van der Waals surface area (Å²) in [7, 11) is 0. The van der Waals surface area contributed by atoms with Crippen molar-refractivity contribution in [3.05, 3.63) is 12.7 Å². The third kappa shape index (κ3) is 5.83. The molecular formula is C9H18O. The number of rotatable bonds is 6. The summed E-state index contributed by atoms with van der Waals surface area (Å²) < 4.78 is 0. The van der Waals surface area contributed by atoms with Gasteiger partial charge >= 0.3 is 0 Å². The lowest BCUT2D eigenvalue weighted by molar-refractivity contribution is 0.227. The molecule has 1 N–H and O–H groups in total. The van der Waals surface area contributed by atoms with E-state index < -0.39 is 0 Å². The molecule has 0 aromatic carbocycles. The Balaban J connectivity index is 2.95. The quantitative estimate of drug-likeness (QED) is 0.446. The fourth-order valence-corrected chi connectivity index (χ4v) is 0.873. The van der Waals surface area contributed by atoms with Gasteiger partial charge in [-0.15, -0.1) is 6.58 Å². The summed E-state index contributed by atoms with van der Waals surface area (Å²) in [5.41, 5.74) is 0. The topological polar surface area (TPSA) is 20.2 Å². The predicted molar refractivity (Wildman–Crippen MR) is 44.9 cm³/mol. The van der Waals surface area contributed by atoms with Crippen molar-refractivity contribution in [2.75, 3.05) is 6.61 Å². The summed E-state index contributed by atoms with van der Waals surface area (Å²) in [6, 6.07) is 0. The Morgan fingerprint density at radius 2 is 2.20 bits per heavy atom. The van der Waals surface area contributed by atoms with E-state index in [1.807, 2.05) is 6.08 Å². The normalized spacial score (nSPS) is 13.0. The van der Waals surface area contributed by atoms with Gasteiger partial charge in [-0.3, -0.25) is 0 Å². The minimum Gasteiger partial charge on any atom is -0.396 e. The molecule has 0 fully saturated rings. The van der Waals surface area contributed by atoms with Crippen molar-refractivity contribution in [1.82, 2.24) is 0 Å². The second kappa shape index (κ2) is 6.81. The zero-order valence-corrected chi connectivity index (χ0v) is 6.84. The van der Waals surface area contributed by atoms with Gasteiger partial charge in [0.2, 0.25) is 0 Å². The molecule has 0 saturated heterocycles. The lowest BCUT2D eigenvalue weighted by Gasteiger charge is -2.05. The van der Waals surface area contributed by atoms with Gasteiger partial charge in [0, 0.05) is 6.61 Å². The van der Waals surface area contributed by atoms with Gasteiger partial charge in [0.25, 0.3) is 0 Å². The summed E-state index contributed by atoms with van der Waals surface area (Å²) in [5, 5.41) is 8.67.